The molecular formula is C12H14OS. The van der Waals surface area contributed by atoms with Crippen molar-refractivity contribution in [2.24, 2.45) is 5.92 Å². The first-order chi connectivity index (χ1) is 6.92. The van der Waals surface area contributed by atoms with E-state index < -0.39 is 0 Å². The molecule has 1 aliphatic rings. The Kier molecular flexibility index (Phi) is 3.27. The third-order valence-electron chi connectivity index (χ3n) is 2.53. The van der Waals surface area contributed by atoms with E-state index in [1.807, 2.05) is 17.8 Å². The van der Waals surface area contributed by atoms with Gasteiger partial charge in [0.2, 0.25) is 0 Å². The second-order valence-corrected chi connectivity index (χ2v) is 4.38. The summed E-state index contributed by atoms with van der Waals surface area (Å²) in [6.07, 6.45) is 0.883. The Balaban J connectivity index is 2.18. The van der Waals surface area contributed by atoms with E-state index in [-0.39, 0.29) is 6.61 Å². The van der Waals surface area contributed by atoms with E-state index in [1.165, 1.54) is 11.1 Å². The lowest BCUT2D eigenvalue weighted by Gasteiger charge is -2.12. The molecule has 0 bridgehead atoms. The highest BCUT2D eigenvalue weighted by atomic mass is 32.2. The van der Waals surface area contributed by atoms with Crippen LogP contribution in [0.2, 0.25) is 0 Å². The predicted octanol–water partition coefficient (Wildman–Crippen LogP) is 2.77. The summed E-state index contributed by atoms with van der Waals surface area (Å²) in [7, 11) is 0. The zero-order valence-corrected chi connectivity index (χ0v) is 8.83. The number of thioether (sulfide) groups is 1. The summed E-state index contributed by atoms with van der Waals surface area (Å²) < 4.78 is 0. The highest BCUT2D eigenvalue weighted by molar-refractivity contribution is 8.02. The Morgan fingerprint density at radius 1 is 1.29 bits per heavy atom. The minimum atomic E-state index is 0.287. The van der Waals surface area contributed by atoms with E-state index >= 15 is 0 Å². The molecule has 0 saturated carbocycles. The number of hydrogen-bond donors (Lipinski definition) is 1. The molecule has 1 aromatic rings. The minimum absolute atomic E-state index is 0.287. The van der Waals surface area contributed by atoms with Gasteiger partial charge in [0.15, 0.2) is 0 Å². The van der Waals surface area contributed by atoms with Gasteiger partial charge in [-0.1, -0.05) is 30.3 Å². The molecule has 1 aromatic carbocycles. The molecule has 1 nitrogen and oxygen atoms in total. The molecule has 14 heavy (non-hydrogen) atoms. The molecule has 1 aliphatic heterocycles. The van der Waals surface area contributed by atoms with Gasteiger partial charge in [0.05, 0.1) is 0 Å². The molecule has 2 heteroatoms. The molecule has 0 aliphatic carbocycles. The number of aliphatic hydroxyl groups excluding tert-OH is 1. The molecule has 1 N–H and O–H groups in total. The van der Waals surface area contributed by atoms with Crippen LogP contribution >= 0.6 is 11.8 Å². The van der Waals surface area contributed by atoms with Gasteiger partial charge in [-0.3, -0.25) is 0 Å². The number of rotatable bonds is 3. The molecule has 2 rings (SSSR count). The van der Waals surface area contributed by atoms with Crippen molar-refractivity contribution in [1.29, 1.82) is 0 Å². The third-order valence-corrected chi connectivity index (χ3v) is 3.55. The van der Waals surface area contributed by atoms with Crippen molar-refractivity contribution in [1.82, 2.24) is 0 Å². The van der Waals surface area contributed by atoms with Gasteiger partial charge in [0, 0.05) is 12.4 Å². The Hall–Kier alpha value is -0.730. The van der Waals surface area contributed by atoms with Crippen LogP contribution in [0.15, 0.2) is 35.7 Å². The summed E-state index contributed by atoms with van der Waals surface area (Å²) in [5, 5.41) is 11.2. The second-order valence-electron chi connectivity index (χ2n) is 3.48. The van der Waals surface area contributed by atoms with Crippen LogP contribution in [0.4, 0.5) is 0 Å². The van der Waals surface area contributed by atoms with Crippen molar-refractivity contribution in [3.63, 3.8) is 0 Å². The molecule has 0 saturated heterocycles. The zero-order valence-electron chi connectivity index (χ0n) is 8.02. The van der Waals surface area contributed by atoms with Crippen LogP contribution in [0, 0.1) is 5.92 Å². The van der Waals surface area contributed by atoms with Crippen molar-refractivity contribution in [2.45, 2.75) is 6.42 Å². The molecule has 0 fully saturated rings. The van der Waals surface area contributed by atoms with Crippen molar-refractivity contribution in [3.8, 4) is 0 Å². The van der Waals surface area contributed by atoms with Crippen LogP contribution in [0.25, 0.3) is 5.57 Å². The maximum atomic E-state index is 8.95. The van der Waals surface area contributed by atoms with Gasteiger partial charge in [0.1, 0.15) is 0 Å². The Labute approximate surface area is 88.8 Å². The molecule has 1 unspecified atom stereocenters. The fraction of sp³-hybridized carbons (Fsp3) is 0.333. The molecule has 1 atom stereocenters. The summed E-state index contributed by atoms with van der Waals surface area (Å²) in [5.74, 6) is 1.65. The van der Waals surface area contributed by atoms with Crippen molar-refractivity contribution in [2.75, 3.05) is 12.4 Å². The summed E-state index contributed by atoms with van der Waals surface area (Å²) in [4.78, 5) is 0. The molecule has 0 spiro atoms. The highest BCUT2D eigenvalue weighted by Gasteiger charge is 2.20. The zero-order chi connectivity index (χ0) is 9.80. The molecule has 74 valence electrons. The number of hydrogen-bond acceptors (Lipinski definition) is 2. The van der Waals surface area contributed by atoms with Crippen molar-refractivity contribution < 1.29 is 5.11 Å². The van der Waals surface area contributed by atoms with Gasteiger partial charge in [0.25, 0.3) is 0 Å². The van der Waals surface area contributed by atoms with E-state index in [1.54, 1.807) is 0 Å². The molecule has 1 heterocycles. The Morgan fingerprint density at radius 3 is 2.79 bits per heavy atom. The topological polar surface area (TPSA) is 20.2 Å². The predicted molar refractivity (Wildman–Crippen MR) is 62.1 cm³/mol. The minimum Gasteiger partial charge on any atom is -0.396 e. The number of allylic oxidation sites excluding steroid dienone is 1. The lowest BCUT2D eigenvalue weighted by atomic mass is 9.93. The smallest absolute Gasteiger partial charge is 0.0437 e. The second kappa shape index (κ2) is 4.67. The summed E-state index contributed by atoms with van der Waals surface area (Å²) in [6, 6.07) is 10.4. The first-order valence-corrected chi connectivity index (χ1v) is 5.94. The molecular weight excluding hydrogens is 192 g/mol. The van der Waals surface area contributed by atoms with Crippen molar-refractivity contribution in [3.05, 3.63) is 41.3 Å². The Morgan fingerprint density at radius 2 is 2.07 bits per heavy atom. The van der Waals surface area contributed by atoms with E-state index in [2.05, 4.69) is 29.7 Å². The van der Waals surface area contributed by atoms with Crippen molar-refractivity contribution >= 4 is 17.3 Å². The molecule has 0 amide bonds. The van der Waals surface area contributed by atoms with Gasteiger partial charge in [-0.25, -0.2) is 0 Å². The number of benzene rings is 1. The lowest BCUT2D eigenvalue weighted by Crippen LogP contribution is -2.04. The summed E-state index contributed by atoms with van der Waals surface area (Å²) in [6.45, 7) is 0.287. The molecule has 0 radical (unpaired) electrons. The average Bonchev–Trinajstić information content (AvgIpc) is 2.68. The SMILES string of the molecule is OCCC1CSC=C1c1ccccc1. The van der Waals surface area contributed by atoms with Crippen LogP contribution in [0.1, 0.15) is 12.0 Å². The van der Waals surface area contributed by atoms with Gasteiger partial charge in [-0.15, -0.1) is 11.8 Å². The normalized spacial score (nSPS) is 20.9. The van der Waals surface area contributed by atoms with Crippen LogP contribution in [0.5, 0.6) is 0 Å². The van der Waals surface area contributed by atoms with E-state index in [0.717, 1.165) is 12.2 Å². The van der Waals surface area contributed by atoms with Crippen LogP contribution in [0.3, 0.4) is 0 Å². The maximum absolute atomic E-state index is 8.95. The van der Waals surface area contributed by atoms with E-state index in [0.29, 0.717) is 5.92 Å². The van der Waals surface area contributed by atoms with Gasteiger partial charge >= 0.3 is 0 Å². The average molecular weight is 206 g/mol. The van der Waals surface area contributed by atoms with Gasteiger partial charge in [-0.05, 0) is 28.9 Å². The molecule has 0 aromatic heterocycles. The monoisotopic (exact) mass is 206 g/mol. The fourth-order valence-electron chi connectivity index (χ4n) is 1.77. The highest BCUT2D eigenvalue weighted by Crippen LogP contribution is 2.37. The maximum Gasteiger partial charge on any atom is 0.0437 e. The Bertz CT molecular complexity index is 318. The van der Waals surface area contributed by atoms with E-state index in [4.69, 9.17) is 5.11 Å². The van der Waals surface area contributed by atoms with Gasteiger partial charge in [-0.2, -0.15) is 0 Å². The van der Waals surface area contributed by atoms with Gasteiger partial charge < -0.3 is 5.11 Å². The fourth-order valence-corrected chi connectivity index (χ4v) is 2.95. The summed E-state index contributed by atoms with van der Waals surface area (Å²) in [5.41, 5.74) is 2.70. The van der Waals surface area contributed by atoms with Crippen LogP contribution < -0.4 is 0 Å². The first-order valence-electron chi connectivity index (χ1n) is 4.90. The quantitative estimate of drug-likeness (QED) is 0.820. The third kappa shape index (κ3) is 2.02. The first kappa shape index (κ1) is 9.81. The summed E-state index contributed by atoms with van der Waals surface area (Å²) >= 11 is 1.85. The number of aliphatic hydroxyl groups is 1. The van der Waals surface area contributed by atoms with Crippen LogP contribution in [-0.4, -0.2) is 17.5 Å². The van der Waals surface area contributed by atoms with E-state index in [9.17, 15) is 0 Å². The standard InChI is InChI=1S/C12H14OS/c13-7-6-11-8-14-9-12(11)10-4-2-1-3-5-10/h1-5,9,11,13H,6-8H2. The largest absolute Gasteiger partial charge is 0.396 e. The van der Waals surface area contributed by atoms with Crippen LogP contribution in [-0.2, 0) is 0 Å². The lowest BCUT2D eigenvalue weighted by molar-refractivity contribution is 0.277.